The molecule has 5 heteroatoms. The monoisotopic (exact) mass is 251 g/mol. The number of carbonyl (C=O) groups excluding carboxylic acids is 1. The van der Waals surface area contributed by atoms with Gasteiger partial charge in [-0.05, 0) is 19.8 Å². The van der Waals surface area contributed by atoms with Crippen LogP contribution in [-0.2, 0) is 11.8 Å². The van der Waals surface area contributed by atoms with Crippen LogP contribution in [0.4, 0.5) is 0 Å². The van der Waals surface area contributed by atoms with E-state index in [9.17, 15) is 4.79 Å². The van der Waals surface area contributed by atoms with Crippen LogP contribution < -0.4 is 5.32 Å². The van der Waals surface area contributed by atoms with Crippen molar-refractivity contribution in [3.05, 3.63) is 17.7 Å². The van der Waals surface area contributed by atoms with Gasteiger partial charge >= 0.3 is 0 Å². The number of nitrogens with one attached hydrogen (secondary N) is 1. The van der Waals surface area contributed by atoms with E-state index >= 15 is 0 Å². The summed E-state index contributed by atoms with van der Waals surface area (Å²) in [6, 6.07) is 0. The van der Waals surface area contributed by atoms with E-state index in [1.54, 1.807) is 17.9 Å². The maximum absolute atomic E-state index is 12.1. The van der Waals surface area contributed by atoms with E-state index in [4.69, 9.17) is 4.74 Å². The van der Waals surface area contributed by atoms with Gasteiger partial charge in [0.25, 0.3) is 5.91 Å². The molecule has 1 fully saturated rings. The Labute approximate surface area is 108 Å². The highest BCUT2D eigenvalue weighted by molar-refractivity contribution is 5.92. The maximum atomic E-state index is 12.1. The van der Waals surface area contributed by atoms with Crippen LogP contribution in [0, 0.1) is 6.92 Å². The molecule has 1 aromatic rings. The Morgan fingerprint density at radius 1 is 1.56 bits per heavy atom. The standard InChI is InChI=1S/C13H21N3O2/c1-10-14-8-11(16(10)2)12(17)15-9-13(18-3)6-4-5-7-13/h8H,4-7,9H2,1-3H3,(H,15,17). The molecule has 2 rings (SSSR count). The Bertz CT molecular complexity index is 433. The van der Waals surface area contributed by atoms with Crippen LogP contribution in [-0.4, -0.2) is 34.7 Å². The minimum atomic E-state index is -0.163. The molecule has 0 saturated heterocycles. The molecular weight excluding hydrogens is 230 g/mol. The zero-order valence-corrected chi connectivity index (χ0v) is 11.3. The number of nitrogens with zero attached hydrogens (tertiary/aromatic N) is 2. The molecule has 1 aliphatic rings. The van der Waals surface area contributed by atoms with Gasteiger partial charge in [0.05, 0.1) is 11.8 Å². The molecule has 0 spiro atoms. The van der Waals surface area contributed by atoms with E-state index < -0.39 is 0 Å². The number of aryl methyl sites for hydroxylation is 1. The molecule has 1 aromatic heterocycles. The number of amides is 1. The van der Waals surface area contributed by atoms with Crippen molar-refractivity contribution in [2.24, 2.45) is 7.05 Å². The minimum Gasteiger partial charge on any atom is -0.376 e. The Hall–Kier alpha value is -1.36. The first-order valence-electron chi connectivity index (χ1n) is 6.40. The number of hydrogen-bond donors (Lipinski definition) is 1. The average molecular weight is 251 g/mol. The van der Waals surface area contributed by atoms with Gasteiger partial charge < -0.3 is 14.6 Å². The molecule has 0 aliphatic heterocycles. The normalized spacial score (nSPS) is 17.9. The number of hydrogen-bond acceptors (Lipinski definition) is 3. The lowest BCUT2D eigenvalue weighted by Gasteiger charge is -2.27. The summed E-state index contributed by atoms with van der Waals surface area (Å²) in [6.07, 6.45) is 6.00. The van der Waals surface area contributed by atoms with E-state index in [0.29, 0.717) is 12.2 Å². The van der Waals surface area contributed by atoms with Crippen LogP contribution in [0.15, 0.2) is 6.20 Å². The largest absolute Gasteiger partial charge is 0.376 e. The first-order chi connectivity index (χ1) is 8.58. The van der Waals surface area contributed by atoms with Gasteiger partial charge in [0.15, 0.2) is 0 Å². The van der Waals surface area contributed by atoms with Gasteiger partial charge in [-0.25, -0.2) is 4.98 Å². The number of ether oxygens (including phenoxy) is 1. The second kappa shape index (κ2) is 5.10. The number of carbonyl (C=O) groups is 1. The topological polar surface area (TPSA) is 56.1 Å². The van der Waals surface area contributed by atoms with Crippen LogP contribution in [0.5, 0.6) is 0 Å². The van der Waals surface area contributed by atoms with Crippen LogP contribution in [0.2, 0.25) is 0 Å². The third kappa shape index (κ3) is 2.41. The van der Waals surface area contributed by atoms with Crippen molar-refractivity contribution in [2.45, 2.75) is 38.2 Å². The summed E-state index contributed by atoms with van der Waals surface area (Å²) >= 11 is 0. The molecule has 1 aliphatic carbocycles. The average Bonchev–Trinajstić information content (AvgIpc) is 2.96. The SMILES string of the molecule is COC1(CNC(=O)c2cnc(C)n2C)CCCC1. The quantitative estimate of drug-likeness (QED) is 0.880. The fourth-order valence-corrected chi connectivity index (χ4v) is 2.52. The zero-order valence-electron chi connectivity index (χ0n) is 11.3. The molecule has 0 bridgehead atoms. The number of imidazole rings is 1. The Balaban J connectivity index is 1.98. The van der Waals surface area contributed by atoms with Crippen molar-refractivity contribution in [1.82, 2.24) is 14.9 Å². The molecule has 100 valence electrons. The van der Waals surface area contributed by atoms with Crippen molar-refractivity contribution in [1.29, 1.82) is 0 Å². The van der Waals surface area contributed by atoms with Crippen molar-refractivity contribution >= 4 is 5.91 Å². The molecule has 1 N–H and O–H groups in total. The van der Waals surface area contributed by atoms with Gasteiger partial charge in [-0.15, -0.1) is 0 Å². The highest BCUT2D eigenvalue weighted by atomic mass is 16.5. The van der Waals surface area contributed by atoms with E-state index in [-0.39, 0.29) is 11.5 Å². The van der Waals surface area contributed by atoms with E-state index in [2.05, 4.69) is 10.3 Å². The van der Waals surface area contributed by atoms with E-state index in [1.165, 1.54) is 12.8 Å². The first-order valence-corrected chi connectivity index (χ1v) is 6.40. The predicted molar refractivity (Wildman–Crippen MR) is 68.5 cm³/mol. The molecule has 1 amide bonds. The molecular formula is C13H21N3O2. The van der Waals surface area contributed by atoms with Gasteiger partial charge in [-0.2, -0.15) is 0 Å². The molecule has 0 radical (unpaired) electrons. The predicted octanol–water partition coefficient (Wildman–Crippen LogP) is 1.42. The van der Waals surface area contributed by atoms with Crippen LogP contribution in [0.1, 0.15) is 42.0 Å². The van der Waals surface area contributed by atoms with Crippen molar-refractivity contribution in [3.63, 3.8) is 0 Å². The molecule has 0 unspecified atom stereocenters. The number of aromatic nitrogens is 2. The van der Waals surface area contributed by atoms with Crippen molar-refractivity contribution in [2.75, 3.05) is 13.7 Å². The highest BCUT2D eigenvalue weighted by Gasteiger charge is 2.34. The van der Waals surface area contributed by atoms with Crippen LogP contribution in [0.3, 0.4) is 0 Å². The minimum absolute atomic E-state index is 0.0820. The second-order valence-electron chi connectivity index (χ2n) is 5.03. The van der Waals surface area contributed by atoms with Gasteiger partial charge in [-0.3, -0.25) is 4.79 Å². The summed E-state index contributed by atoms with van der Waals surface area (Å²) in [7, 11) is 3.57. The third-order valence-electron chi connectivity index (χ3n) is 3.97. The number of methoxy groups -OCH3 is 1. The lowest BCUT2D eigenvalue weighted by atomic mass is 10.0. The fourth-order valence-electron chi connectivity index (χ4n) is 2.52. The summed E-state index contributed by atoms with van der Waals surface area (Å²) in [4.78, 5) is 16.2. The van der Waals surface area contributed by atoms with Crippen molar-refractivity contribution in [3.8, 4) is 0 Å². The Kier molecular flexibility index (Phi) is 3.71. The molecule has 1 saturated carbocycles. The van der Waals surface area contributed by atoms with Gasteiger partial charge in [-0.1, -0.05) is 12.8 Å². The van der Waals surface area contributed by atoms with Crippen LogP contribution >= 0.6 is 0 Å². The van der Waals surface area contributed by atoms with Gasteiger partial charge in [0.1, 0.15) is 11.5 Å². The Morgan fingerprint density at radius 2 is 2.22 bits per heavy atom. The van der Waals surface area contributed by atoms with E-state index in [0.717, 1.165) is 18.7 Å². The Morgan fingerprint density at radius 3 is 2.72 bits per heavy atom. The lowest BCUT2D eigenvalue weighted by molar-refractivity contribution is -0.00266. The van der Waals surface area contributed by atoms with Crippen LogP contribution in [0.25, 0.3) is 0 Å². The smallest absolute Gasteiger partial charge is 0.269 e. The molecule has 1 heterocycles. The third-order valence-corrected chi connectivity index (χ3v) is 3.97. The molecule has 18 heavy (non-hydrogen) atoms. The van der Waals surface area contributed by atoms with Gasteiger partial charge in [0.2, 0.25) is 0 Å². The van der Waals surface area contributed by atoms with Gasteiger partial charge in [0, 0.05) is 20.7 Å². The highest BCUT2D eigenvalue weighted by Crippen LogP contribution is 2.31. The zero-order chi connectivity index (χ0) is 13.2. The maximum Gasteiger partial charge on any atom is 0.269 e. The summed E-state index contributed by atoms with van der Waals surface area (Å²) in [5, 5.41) is 2.96. The summed E-state index contributed by atoms with van der Waals surface area (Å²) in [5.74, 6) is 0.754. The number of rotatable bonds is 4. The summed E-state index contributed by atoms with van der Waals surface area (Å²) < 4.78 is 7.38. The fraction of sp³-hybridized carbons (Fsp3) is 0.692. The van der Waals surface area contributed by atoms with E-state index in [1.807, 2.05) is 14.0 Å². The molecule has 0 atom stereocenters. The lowest BCUT2D eigenvalue weighted by Crippen LogP contribution is -2.42. The second-order valence-corrected chi connectivity index (χ2v) is 5.03. The summed E-state index contributed by atoms with van der Waals surface area (Å²) in [5.41, 5.74) is 0.431. The first kappa shape index (κ1) is 13.1. The molecule has 0 aromatic carbocycles. The van der Waals surface area contributed by atoms with Crippen molar-refractivity contribution < 1.29 is 9.53 Å². The summed E-state index contributed by atoms with van der Waals surface area (Å²) in [6.45, 7) is 2.46. The molecule has 5 nitrogen and oxygen atoms in total.